The lowest BCUT2D eigenvalue weighted by Crippen LogP contribution is -2.13. The van der Waals surface area contributed by atoms with Crippen molar-refractivity contribution in [3.63, 3.8) is 0 Å². The van der Waals surface area contributed by atoms with Crippen molar-refractivity contribution in [2.24, 2.45) is 5.73 Å². The monoisotopic (exact) mass is 374 g/mol. The lowest BCUT2D eigenvalue weighted by atomic mass is 9.94. The molecule has 2 N–H and O–H groups in total. The lowest BCUT2D eigenvalue weighted by molar-refractivity contribution is 0.1000. The van der Waals surface area contributed by atoms with Gasteiger partial charge in [-0.1, -0.05) is 74.4 Å². The maximum Gasteiger partial charge on any atom is 0.251 e. The predicted octanol–water partition coefficient (Wildman–Crippen LogP) is 5.65. The number of benzene rings is 2. The molecule has 0 unspecified atom stereocenters. The number of carbonyl (C=O) groups is 1. The second-order valence-corrected chi connectivity index (χ2v) is 7.49. The smallest absolute Gasteiger partial charge is 0.251 e. The number of rotatable bonds is 8. The zero-order chi connectivity index (χ0) is 20.1. The zero-order valence-corrected chi connectivity index (χ0v) is 17.2. The van der Waals surface area contributed by atoms with Gasteiger partial charge in [0.1, 0.15) is 0 Å². The first-order valence-electron chi connectivity index (χ1n) is 10.2. The summed E-state index contributed by atoms with van der Waals surface area (Å²) in [5.41, 5.74) is 13.2. The molecule has 3 aromatic rings. The summed E-state index contributed by atoms with van der Waals surface area (Å²) in [6, 6.07) is 18.7. The van der Waals surface area contributed by atoms with Crippen LogP contribution in [0.25, 0.3) is 11.1 Å². The van der Waals surface area contributed by atoms with Gasteiger partial charge in [0.15, 0.2) is 0 Å². The van der Waals surface area contributed by atoms with Gasteiger partial charge in [-0.2, -0.15) is 0 Å². The molecule has 0 spiro atoms. The molecule has 0 bridgehead atoms. The Morgan fingerprint density at radius 3 is 2.29 bits per heavy atom. The number of nitrogens with zero attached hydrogens (tertiary/aromatic N) is 1. The van der Waals surface area contributed by atoms with E-state index in [2.05, 4.69) is 54.8 Å². The molecule has 0 aliphatic carbocycles. The summed E-state index contributed by atoms with van der Waals surface area (Å²) in [5.74, 6) is -0.348. The molecule has 3 heteroatoms. The molecule has 0 radical (unpaired) electrons. The molecule has 28 heavy (non-hydrogen) atoms. The van der Waals surface area contributed by atoms with E-state index in [9.17, 15) is 4.79 Å². The normalized spacial score (nSPS) is 11.0. The number of hydrogen-bond acceptors (Lipinski definition) is 1. The van der Waals surface area contributed by atoms with Crippen molar-refractivity contribution in [2.75, 3.05) is 0 Å². The molecule has 3 rings (SSSR count). The number of primary amides is 1. The summed E-state index contributed by atoms with van der Waals surface area (Å²) in [5, 5.41) is 0. The number of aryl methyl sites for hydroxylation is 1. The minimum Gasteiger partial charge on any atom is -0.366 e. The van der Waals surface area contributed by atoms with Crippen LogP contribution in [-0.4, -0.2) is 10.5 Å². The summed E-state index contributed by atoms with van der Waals surface area (Å²) < 4.78 is 2.30. The SMILES string of the molecule is CCCCCc1c(-c2ccccc2C)c(C(N)=O)c(C)n1Cc1ccccc1. The Bertz CT molecular complexity index is 954. The van der Waals surface area contributed by atoms with E-state index in [-0.39, 0.29) is 5.91 Å². The largest absolute Gasteiger partial charge is 0.366 e. The second kappa shape index (κ2) is 8.92. The fraction of sp³-hybridized carbons (Fsp3) is 0.320. The van der Waals surface area contributed by atoms with Gasteiger partial charge in [0.25, 0.3) is 5.91 Å². The van der Waals surface area contributed by atoms with Gasteiger partial charge in [0, 0.05) is 23.5 Å². The number of nitrogens with two attached hydrogens (primary N) is 1. The maximum atomic E-state index is 12.5. The van der Waals surface area contributed by atoms with Gasteiger partial charge in [-0.15, -0.1) is 0 Å². The Balaban J connectivity index is 2.22. The topological polar surface area (TPSA) is 48.0 Å². The molecule has 0 atom stereocenters. The van der Waals surface area contributed by atoms with Crippen LogP contribution in [0.3, 0.4) is 0 Å². The van der Waals surface area contributed by atoms with E-state index in [4.69, 9.17) is 5.73 Å². The Kier molecular flexibility index (Phi) is 6.35. The third-order valence-electron chi connectivity index (χ3n) is 5.49. The predicted molar refractivity (Wildman–Crippen MR) is 117 cm³/mol. The molecule has 0 saturated carbocycles. The van der Waals surface area contributed by atoms with E-state index >= 15 is 0 Å². The van der Waals surface area contributed by atoms with Crippen molar-refractivity contribution in [2.45, 2.75) is 53.0 Å². The average Bonchev–Trinajstić information content (AvgIpc) is 2.95. The fourth-order valence-electron chi connectivity index (χ4n) is 4.02. The van der Waals surface area contributed by atoms with Crippen LogP contribution in [0.15, 0.2) is 54.6 Å². The van der Waals surface area contributed by atoms with Crippen LogP contribution < -0.4 is 5.73 Å². The number of unbranched alkanes of at least 4 members (excludes halogenated alkanes) is 2. The van der Waals surface area contributed by atoms with E-state index in [1.165, 1.54) is 29.7 Å². The minimum atomic E-state index is -0.348. The van der Waals surface area contributed by atoms with Crippen LogP contribution in [0.2, 0.25) is 0 Å². The van der Waals surface area contributed by atoms with Crippen molar-refractivity contribution in [3.8, 4) is 11.1 Å². The van der Waals surface area contributed by atoms with Crippen molar-refractivity contribution in [3.05, 3.63) is 82.7 Å². The van der Waals surface area contributed by atoms with E-state index in [1.807, 2.05) is 25.1 Å². The molecular formula is C25H30N2O. The first-order chi connectivity index (χ1) is 13.5. The Labute approximate surface area is 168 Å². The van der Waals surface area contributed by atoms with E-state index in [1.54, 1.807) is 0 Å². The van der Waals surface area contributed by atoms with Crippen molar-refractivity contribution in [1.82, 2.24) is 4.57 Å². The van der Waals surface area contributed by atoms with Crippen LogP contribution >= 0.6 is 0 Å². The molecule has 0 saturated heterocycles. The molecule has 0 aliphatic rings. The highest BCUT2D eigenvalue weighted by Gasteiger charge is 2.25. The van der Waals surface area contributed by atoms with E-state index in [0.717, 1.165) is 36.2 Å². The van der Waals surface area contributed by atoms with Gasteiger partial charge in [-0.25, -0.2) is 0 Å². The Hall–Kier alpha value is -2.81. The van der Waals surface area contributed by atoms with Crippen molar-refractivity contribution in [1.29, 1.82) is 0 Å². The summed E-state index contributed by atoms with van der Waals surface area (Å²) >= 11 is 0. The number of amides is 1. The van der Waals surface area contributed by atoms with Crippen molar-refractivity contribution < 1.29 is 4.79 Å². The second-order valence-electron chi connectivity index (χ2n) is 7.49. The van der Waals surface area contributed by atoms with E-state index < -0.39 is 0 Å². The van der Waals surface area contributed by atoms with Crippen LogP contribution in [0, 0.1) is 13.8 Å². The van der Waals surface area contributed by atoms with E-state index in [0.29, 0.717) is 5.56 Å². The summed E-state index contributed by atoms with van der Waals surface area (Å²) in [6.45, 7) is 7.08. The molecule has 0 aliphatic heterocycles. The maximum absolute atomic E-state index is 12.5. The Morgan fingerprint density at radius 1 is 0.964 bits per heavy atom. The standard InChI is InChI=1S/C25H30N2O/c1-4-5-7-16-22-24(21-15-11-10-12-18(21)2)23(25(26)28)19(3)27(22)17-20-13-8-6-9-14-20/h6,8-15H,4-5,7,16-17H2,1-3H3,(H2,26,28). The third-order valence-corrected chi connectivity index (χ3v) is 5.49. The lowest BCUT2D eigenvalue weighted by Gasteiger charge is -2.14. The molecule has 2 aromatic carbocycles. The van der Waals surface area contributed by atoms with Gasteiger partial charge in [-0.3, -0.25) is 4.79 Å². The highest BCUT2D eigenvalue weighted by atomic mass is 16.1. The third kappa shape index (κ3) is 4.04. The molecule has 1 heterocycles. The number of hydrogen-bond donors (Lipinski definition) is 1. The Morgan fingerprint density at radius 2 is 1.64 bits per heavy atom. The molecule has 1 aromatic heterocycles. The summed E-state index contributed by atoms with van der Waals surface area (Å²) in [6.07, 6.45) is 4.39. The van der Waals surface area contributed by atoms with Crippen LogP contribution in [0.1, 0.15) is 59.1 Å². The zero-order valence-electron chi connectivity index (χ0n) is 17.2. The first kappa shape index (κ1) is 19.9. The summed E-state index contributed by atoms with van der Waals surface area (Å²) in [4.78, 5) is 12.5. The quantitative estimate of drug-likeness (QED) is 0.509. The van der Waals surface area contributed by atoms with Crippen molar-refractivity contribution >= 4 is 5.91 Å². The van der Waals surface area contributed by atoms with Gasteiger partial charge in [0.2, 0.25) is 0 Å². The molecule has 146 valence electrons. The number of carbonyl (C=O) groups excluding carboxylic acids is 1. The molecule has 3 nitrogen and oxygen atoms in total. The first-order valence-corrected chi connectivity index (χ1v) is 10.2. The van der Waals surface area contributed by atoms with Gasteiger partial charge in [0.05, 0.1) is 5.56 Å². The molecule has 1 amide bonds. The van der Waals surface area contributed by atoms with Crippen LogP contribution in [0.4, 0.5) is 0 Å². The molecule has 0 fully saturated rings. The highest BCUT2D eigenvalue weighted by molar-refractivity contribution is 6.02. The highest BCUT2D eigenvalue weighted by Crippen LogP contribution is 2.36. The van der Waals surface area contributed by atoms with Gasteiger partial charge in [-0.05, 0) is 43.4 Å². The van der Waals surface area contributed by atoms with Gasteiger partial charge >= 0.3 is 0 Å². The summed E-state index contributed by atoms with van der Waals surface area (Å²) in [7, 11) is 0. The average molecular weight is 375 g/mol. The molecular weight excluding hydrogens is 344 g/mol. The fourth-order valence-corrected chi connectivity index (χ4v) is 4.02. The van der Waals surface area contributed by atoms with Crippen LogP contribution in [-0.2, 0) is 13.0 Å². The number of aromatic nitrogens is 1. The van der Waals surface area contributed by atoms with Gasteiger partial charge < -0.3 is 10.3 Å². The minimum absolute atomic E-state index is 0.348. The van der Waals surface area contributed by atoms with Crippen LogP contribution in [0.5, 0.6) is 0 Å².